The molecule has 0 aromatic carbocycles. The summed E-state index contributed by atoms with van der Waals surface area (Å²) in [6, 6.07) is 6.12. The van der Waals surface area contributed by atoms with Crippen molar-refractivity contribution in [2.75, 3.05) is 11.9 Å². The molecule has 0 bridgehead atoms. The number of hydrogen-bond acceptors (Lipinski definition) is 3. The van der Waals surface area contributed by atoms with Crippen molar-refractivity contribution in [3.8, 4) is 11.8 Å². The third kappa shape index (κ3) is 2.83. The van der Waals surface area contributed by atoms with E-state index in [0.29, 0.717) is 0 Å². The van der Waals surface area contributed by atoms with Gasteiger partial charge in [0.2, 0.25) is 0 Å². The quantitative estimate of drug-likeness (QED) is 0.590. The molecule has 3 rings (SSSR count). The zero-order valence-corrected chi connectivity index (χ0v) is 12.6. The van der Waals surface area contributed by atoms with Gasteiger partial charge >= 0.3 is 0 Å². The Morgan fingerprint density at radius 1 is 1.48 bits per heavy atom. The first kappa shape index (κ1) is 13.5. The van der Waals surface area contributed by atoms with E-state index in [0.717, 1.165) is 33.7 Å². The third-order valence-electron chi connectivity index (χ3n) is 3.11. The summed E-state index contributed by atoms with van der Waals surface area (Å²) in [5.74, 6) is 6.45. The molecule has 0 saturated carbocycles. The Morgan fingerprint density at radius 3 is 3.14 bits per heavy atom. The van der Waals surface area contributed by atoms with Crippen LogP contribution in [0.4, 0.5) is 5.69 Å². The molecule has 3 heterocycles. The van der Waals surface area contributed by atoms with Crippen LogP contribution in [-0.2, 0) is 7.05 Å². The molecule has 0 aliphatic rings. The molecule has 3 nitrogen and oxygen atoms in total. The maximum absolute atomic E-state index is 4.50. The van der Waals surface area contributed by atoms with E-state index in [1.807, 2.05) is 47.6 Å². The normalized spacial score (nSPS) is 10.1. The summed E-state index contributed by atoms with van der Waals surface area (Å²) in [5, 5.41) is 6.36. The number of fused-ring (bicyclic) bond motifs is 1. The summed E-state index contributed by atoms with van der Waals surface area (Å²) in [6.45, 7) is 4.43. The fourth-order valence-electron chi connectivity index (χ4n) is 2.13. The van der Waals surface area contributed by atoms with Crippen molar-refractivity contribution in [2.45, 2.75) is 0 Å². The van der Waals surface area contributed by atoms with Gasteiger partial charge in [0.15, 0.2) is 0 Å². The molecule has 0 saturated heterocycles. The van der Waals surface area contributed by atoms with Crippen LogP contribution < -0.4 is 5.32 Å². The van der Waals surface area contributed by atoms with E-state index in [9.17, 15) is 0 Å². The van der Waals surface area contributed by atoms with Crippen molar-refractivity contribution < 1.29 is 0 Å². The molecule has 0 amide bonds. The maximum Gasteiger partial charge on any atom is 0.141 e. The molecular weight excluding hydrogens is 278 g/mol. The van der Waals surface area contributed by atoms with Gasteiger partial charge in [0.1, 0.15) is 5.65 Å². The molecule has 0 aliphatic heterocycles. The Morgan fingerprint density at radius 2 is 2.38 bits per heavy atom. The highest BCUT2D eigenvalue weighted by molar-refractivity contribution is 7.10. The number of rotatable bonds is 3. The number of thiophene rings is 1. The van der Waals surface area contributed by atoms with Gasteiger partial charge in [0, 0.05) is 25.2 Å². The molecule has 0 atom stereocenters. The van der Waals surface area contributed by atoms with Crippen LogP contribution in [0.25, 0.3) is 11.0 Å². The van der Waals surface area contributed by atoms with Gasteiger partial charge in [-0.05, 0) is 17.5 Å². The summed E-state index contributed by atoms with van der Waals surface area (Å²) in [7, 11) is 1.99. The number of nitrogens with zero attached hydrogens (tertiary/aromatic N) is 2. The lowest BCUT2D eigenvalue weighted by Crippen LogP contribution is -1.98. The second-order valence-electron chi connectivity index (χ2n) is 4.65. The fourth-order valence-corrected chi connectivity index (χ4v) is 2.70. The number of aromatic nitrogens is 2. The molecule has 0 spiro atoms. The molecule has 104 valence electrons. The van der Waals surface area contributed by atoms with Crippen LogP contribution in [0.2, 0.25) is 0 Å². The fraction of sp³-hybridized carbons (Fsp3) is 0.118. The summed E-state index contributed by atoms with van der Waals surface area (Å²) in [5.41, 5.74) is 2.91. The standard InChI is InChI=1S/C17H15N3S/c1-3-8-18-14-10-16-13(6-7-15-5-4-9-21-15)12-20(2)17(16)19-11-14/h3-5,9-12,18H,1,8H2,2H3. The molecule has 0 aliphatic carbocycles. The molecule has 21 heavy (non-hydrogen) atoms. The van der Waals surface area contributed by atoms with Gasteiger partial charge in [0.25, 0.3) is 0 Å². The number of pyridine rings is 1. The van der Waals surface area contributed by atoms with E-state index in [-0.39, 0.29) is 0 Å². The van der Waals surface area contributed by atoms with Crippen LogP contribution in [0.1, 0.15) is 10.4 Å². The molecule has 0 unspecified atom stereocenters. The van der Waals surface area contributed by atoms with Crippen LogP contribution in [0, 0.1) is 11.8 Å². The van der Waals surface area contributed by atoms with Gasteiger partial charge in [0.05, 0.1) is 22.3 Å². The topological polar surface area (TPSA) is 29.9 Å². The van der Waals surface area contributed by atoms with Gasteiger partial charge in [-0.3, -0.25) is 0 Å². The molecular formula is C17H15N3S. The molecule has 3 aromatic rings. The number of hydrogen-bond donors (Lipinski definition) is 1. The van der Waals surface area contributed by atoms with Crippen molar-refractivity contribution in [3.63, 3.8) is 0 Å². The molecule has 4 heteroatoms. The highest BCUT2D eigenvalue weighted by atomic mass is 32.1. The van der Waals surface area contributed by atoms with Gasteiger partial charge in [-0.1, -0.05) is 24.0 Å². The molecule has 0 radical (unpaired) electrons. The SMILES string of the molecule is C=CCNc1cnc2c(c1)c(C#Cc1cccs1)cn2C. The third-order valence-corrected chi connectivity index (χ3v) is 3.89. The lowest BCUT2D eigenvalue weighted by Gasteiger charge is -2.03. The molecule has 3 aromatic heterocycles. The highest BCUT2D eigenvalue weighted by Crippen LogP contribution is 2.21. The van der Waals surface area contributed by atoms with E-state index in [4.69, 9.17) is 0 Å². The van der Waals surface area contributed by atoms with E-state index in [2.05, 4.69) is 34.8 Å². The Hall–Kier alpha value is -2.51. The Labute approximate surface area is 127 Å². The van der Waals surface area contributed by atoms with Crippen LogP contribution in [0.15, 0.2) is 48.6 Å². The molecule has 1 N–H and O–H groups in total. The van der Waals surface area contributed by atoms with E-state index >= 15 is 0 Å². The molecule has 0 fully saturated rings. The van der Waals surface area contributed by atoms with Crippen molar-refractivity contribution in [1.82, 2.24) is 9.55 Å². The first-order valence-corrected chi connectivity index (χ1v) is 7.51. The van der Waals surface area contributed by atoms with Gasteiger partial charge in [-0.2, -0.15) is 0 Å². The van der Waals surface area contributed by atoms with Crippen molar-refractivity contribution in [1.29, 1.82) is 0 Å². The Balaban J connectivity index is 2.03. The Bertz CT molecular complexity index is 832. The zero-order chi connectivity index (χ0) is 14.7. The average molecular weight is 293 g/mol. The minimum absolute atomic E-state index is 0.718. The largest absolute Gasteiger partial charge is 0.380 e. The summed E-state index contributed by atoms with van der Waals surface area (Å²) < 4.78 is 2.01. The van der Waals surface area contributed by atoms with Gasteiger partial charge < -0.3 is 9.88 Å². The highest BCUT2D eigenvalue weighted by Gasteiger charge is 2.07. The summed E-state index contributed by atoms with van der Waals surface area (Å²) in [4.78, 5) is 5.57. The van der Waals surface area contributed by atoms with Crippen LogP contribution in [0.5, 0.6) is 0 Å². The second kappa shape index (κ2) is 5.86. The predicted molar refractivity (Wildman–Crippen MR) is 89.7 cm³/mol. The van der Waals surface area contributed by atoms with Crippen LogP contribution >= 0.6 is 11.3 Å². The monoisotopic (exact) mass is 293 g/mol. The second-order valence-corrected chi connectivity index (χ2v) is 5.59. The predicted octanol–water partition coefficient (Wildman–Crippen LogP) is 3.63. The van der Waals surface area contributed by atoms with Crippen molar-refractivity contribution >= 4 is 28.1 Å². The van der Waals surface area contributed by atoms with Gasteiger partial charge in [-0.15, -0.1) is 17.9 Å². The lowest BCUT2D eigenvalue weighted by atomic mass is 10.2. The first-order valence-electron chi connectivity index (χ1n) is 6.63. The van der Waals surface area contributed by atoms with Gasteiger partial charge in [-0.25, -0.2) is 4.98 Å². The average Bonchev–Trinajstić information content (AvgIpc) is 3.11. The van der Waals surface area contributed by atoms with Crippen molar-refractivity contribution in [2.24, 2.45) is 7.05 Å². The summed E-state index contributed by atoms with van der Waals surface area (Å²) >= 11 is 1.65. The lowest BCUT2D eigenvalue weighted by molar-refractivity contribution is 0.947. The number of nitrogens with one attached hydrogen (secondary N) is 1. The number of aryl methyl sites for hydroxylation is 1. The van der Waals surface area contributed by atoms with Crippen LogP contribution in [0.3, 0.4) is 0 Å². The minimum Gasteiger partial charge on any atom is -0.380 e. The van der Waals surface area contributed by atoms with E-state index in [1.54, 1.807) is 11.3 Å². The summed E-state index contributed by atoms with van der Waals surface area (Å²) in [6.07, 6.45) is 5.69. The zero-order valence-electron chi connectivity index (χ0n) is 11.8. The van der Waals surface area contributed by atoms with E-state index < -0.39 is 0 Å². The maximum atomic E-state index is 4.50. The first-order chi connectivity index (χ1) is 10.3. The van der Waals surface area contributed by atoms with E-state index in [1.165, 1.54) is 0 Å². The van der Waals surface area contributed by atoms with Crippen LogP contribution in [-0.4, -0.2) is 16.1 Å². The number of anilines is 1. The Kier molecular flexibility index (Phi) is 3.76. The van der Waals surface area contributed by atoms with Crippen molar-refractivity contribution in [3.05, 3.63) is 59.1 Å². The smallest absolute Gasteiger partial charge is 0.141 e. The minimum atomic E-state index is 0.718.